The maximum absolute atomic E-state index is 7.12. The minimum atomic E-state index is -1.19. The summed E-state index contributed by atoms with van der Waals surface area (Å²) in [6.07, 6.45) is 0. The molecule has 0 atom stereocenters. The maximum Gasteiger partial charge on any atom is 0.305 e. The Kier molecular flexibility index (Phi) is 5.88. The summed E-state index contributed by atoms with van der Waals surface area (Å²) in [5.74, 6) is 0.327. The molecule has 3 nitrogen and oxygen atoms in total. The van der Waals surface area contributed by atoms with Crippen LogP contribution in [0.3, 0.4) is 0 Å². The Balaban J connectivity index is 1.63. The number of fused-ring (bicyclic) bond motifs is 7. The molecule has 0 amide bonds. The van der Waals surface area contributed by atoms with E-state index in [9.17, 15) is 0 Å². The molecule has 6 aromatic rings. The summed E-state index contributed by atoms with van der Waals surface area (Å²) in [6.45, 7) is 0.531. The van der Waals surface area contributed by atoms with Crippen molar-refractivity contribution in [2.24, 2.45) is 0 Å². The standard InChI is InChI=1S/C35H25BrO3/c1-37-22-23-12-13-24-15-18-31-33(29(24)20-23)34-30-21-28(36)17-14-25(30)16-19-32(34)39-35(38-31,26-8-4-2-5-9-26)27-10-6-3-7-11-27/h2-21H,22H2,1H3. The minimum Gasteiger partial charge on any atom is -0.444 e. The van der Waals surface area contributed by atoms with E-state index in [2.05, 4.69) is 101 Å². The normalized spacial score (nSPS) is 13.7. The molecule has 0 aliphatic carbocycles. The monoisotopic (exact) mass is 572 g/mol. The van der Waals surface area contributed by atoms with Crippen LogP contribution in [0, 0.1) is 0 Å². The molecule has 39 heavy (non-hydrogen) atoms. The Labute approximate surface area is 235 Å². The van der Waals surface area contributed by atoms with Crippen molar-refractivity contribution in [1.29, 1.82) is 0 Å². The molecule has 6 aromatic carbocycles. The second kappa shape index (κ2) is 9.57. The van der Waals surface area contributed by atoms with Crippen molar-refractivity contribution in [3.05, 3.63) is 142 Å². The lowest BCUT2D eigenvalue weighted by Crippen LogP contribution is -2.40. The third-order valence-electron chi connectivity index (χ3n) is 7.37. The molecule has 0 fully saturated rings. The smallest absolute Gasteiger partial charge is 0.305 e. The summed E-state index contributed by atoms with van der Waals surface area (Å²) in [6, 6.07) is 41.6. The predicted molar refractivity (Wildman–Crippen MR) is 160 cm³/mol. The number of hydrogen-bond donors (Lipinski definition) is 0. The van der Waals surface area contributed by atoms with Crippen LogP contribution in [0.15, 0.2) is 126 Å². The van der Waals surface area contributed by atoms with Crippen molar-refractivity contribution >= 4 is 37.5 Å². The van der Waals surface area contributed by atoms with Crippen LogP contribution in [-0.2, 0) is 17.1 Å². The molecule has 0 N–H and O–H groups in total. The van der Waals surface area contributed by atoms with E-state index in [0.717, 1.165) is 65.3 Å². The highest BCUT2D eigenvalue weighted by molar-refractivity contribution is 9.10. The third-order valence-corrected chi connectivity index (χ3v) is 7.86. The fourth-order valence-corrected chi connectivity index (χ4v) is 5.97. The summed E-state index contributed by atoms with van der Waals surface area (Å²) in [4.78, 5) is 0. The van der Waals surface area contributed by atoms with Gasteiger partial charge in [0.2, 0.25) is 0 Å². The van der Waals surface area contributed by atoms with Gasteiger partial charge in [-0.15, -0.1) is 0 Å². The van der Waals surface area contributed by atoms with Crippen LogP contribution >= 0.6 is 15.9 Å². The molecule has 0 spiro atoms. The SMILES string of the molecule is COCc1ccc2ccc3c(c2c1)-c1c(ccc2ccc(Br)cc12)OC(c1ccccc1)(c1ccccc1)O3. The zero-order chi connectivity index (χ0) is 26.4. The summed E-state index contributed by atoms with van der Waals surface area (Å²) >= 11 is 3.71. The molecule has 0 saturated heterocycles. The minimum absolute atomic E-state index is 0.531. The highest BCUT2D eigenvalue weighted by Crippen LogP contribution is 2.52. The first-order chi connectivity index (χ1) is 19.2. The average molecular weight is 573 g/mol. The van der Waals surface area contributed by atoms with Gasteiger partial charge in [-0.3, -0.25) is 0 Å². The van der Waals surface area contributed by atoms with Crippen LogP contribution in [0.2, 0.25) is 0 Å². The summed E-state index contributed by atoms with van der Waals surface area (Å²) < 4.78 is 20.7. The zero-order valence-electron chi connectivity index (χ0n) is 21.4. The van der Waals surface area contributed by atoms with E-state index in [-0.39, 0.29) is 0 Å². The molecule has 0 bridgehead atoms. The van der Waals surface area contributed by atoms with Gasteiger partial charge in [-0.2, -0.15) is 0 Å². The van der Waals surface area contributed by atoms with Gasteiger partial charge in [-0.05, 0) is 57.4 Å². The lowest BCUT2D eigenvalue weighted by atomic mass is 9.91. The molecule has 190 valence electrons. The van der Waals surface area contributed by atoms with Crippen LogP contribution < -0.4 is 9.47 Å². The molecule has 4 heteroatoms. The third kappa shape index (κ3) is 3.99. The fraction of sp³-hybridized carbons (Fsp3) is 0.0857. The van der Waals surface area contributed by atoms with Crippen molar-refractivity contribution in [2.45, 2.75) is 12.4 Å². The van der Waals surface area contributed by atoms with Gasteiger partial charge >= 0.3 is 5.79 Å². The Hall–Kier alpha value is -4.12. The number of benzene rings is 6. The number of ether oxygens (including phenoxy) is 3. The van der Waals surface area contributed by atoms with Crippen LogP contribution in [0.5, 0.6) is 11.5 Å². The number of hydrogen-bond acceptors (Lipinski definition) is 3. The van der Waals surface area contributed by atoms with Crippen molar-refractivity contribution in [1.82, 2.24) is 0 Å². The number of methoxy groups -OCH3 is 1. The number of rotatable bonds is 4. The van der Waals surface area contributed by atoms with Gasteiger partial charge in [-0.1, -0.05) is 107 Å². The molecular formula is C35H25BrO3. The molecule has 0 aromatic heterocycles. The van der Waals surface area contributed by atoms with E-state index in [1.165, 1.54) is 0 Å². The molecule has 1 aliphatic rings. The summed E-state index contributed by atoms with van der Waals surface area (Å²) in [7, 11) is 1.72. The van der Waals surface area contributed by atoms with E-state index < -0.39 is 5.79 Å². The lowest BCUT2D eigenvalue weighted by Gasteiger charge is -2.34. The Morgan fingerprint density at radius 3 is 1.69 bits per heavy atom. The van der Waals surface area contributed by atoms with E-state index in [1.54, 1.807) is 7.11 Å². The highest BCUT2D eigenvalue weighted by atomic mass is 79.9. The summed E-state index contributed by atoms with van der Waals surface area (Å²) in [5.41, 5.74) is 4.95. The van der Waals surface area contributed by atoms with Crippen molar-refractivity contribution < 1.29 is 14.2 Å². The van der Waals surface area contributed by atoms with E-state index in [0.29, 0.717) is 6.61 Å². The fourth-order valence-electron chi connectivity index (χ4n) is 5.61. The highest BCUT2D eigenvalue weighted by Gasteiger charge is 2.43. The van der Waals surface area contributed by atoms with Crippen LogP contribution in [-0.4, -0.2) is 7.11 Å². The molecule has 0 radical (unpaired) electrons. The van der Waals surface area contributed by atoms with Crippen molar-refractivity contribution in [3.63, 3.8) is 0 Å². The quantitative estimate of drug-likeness (QED) is 0.210. The molecule has 0 saturated carbocycles. The van der Waals surface area contributed by atoms with Crippen molar-refractivity contribution in [2.75, 3.05) is 7.11 Å². The molecule has 0 unspecified atom stereocenters. The molecular weight excluding hydrogens is 548 g/mol. The Morgan fingerprint density at radius 1 is 0.615 bits per heavy atom. The van der Waals surface area contributed by atoms with E-state index in [4.69, 9.17) is 14.2 Å². The largest absolute Gasteiger partial charge is 0.444 e. The summed E-state index contributed by atoms with van der Waals surface area (Å²) in [5, 5.41) is 4.44. The maximum atomic E-state index is 7.12. The first kappa shape index (κ1) is 24.0. The Morgan fingerprint density at radius 2 is 1.13 bits per heavy atom. The zero-order valence-corrected chi connectivity index (χ0v) is 22.9. The van der Waals surface area contributed by atoms with Gasteiger partial charge in [0.25, 0.3) is 0 Å². The second-order valence-corrected chi connectivity index (χ2v) is 10.7. The van der Waals surface area contributed by atoms with Gasteiger partial charge in [-0.25, -0.2) is 0 Å². The molecule has 1 heterocycles. The van der Waals surface area contributed by atoms with Gasteiger partial charge in [0.05, 0.1) is 6.61 Å². The van der Waals surface area contributed by atoms with Gasteiger partial charge in [0.15, 0.2) is 0 Å². The van der Waals surface area contributed by atoms with Gasteiger partial charge < -0.3 is 14.2 Å². The first-order valence-electron chi connectivity index (χ1n) is 12.9. The number of halogens is 1. The van der Waals surface area contributed by atoms with Crippen LogP contribution in [0.25, 0.3) is 32.7 Å². The average Bonchev–Trinajstić information content (AvgIpc) is 3.14. The van der Waals surface area contributed by atoms with Crippen molar-refractivity contribution in [3.8, 4) is 22.6 Å². The second-order valence-electron chi connectivity index (χ2n) is 9.78. The van der Waals surface area contributed by atoms with Crippen LogP contribution in [0.1, 0.15) is 16.7 Å². The van der Waals surface area contributed by atoms with Crippen LogP contribution in [0.4, 0.5) is 0 Å². The first-order valence-corrected chi connectivity index (χ1v) is 13.7. The predicted octanol–water partition coefficient (Wildman–Crippen LogP) is 9.24. The molecule has 1 aliphatic heterocycles. The molecule has 7 rings (SSSR count). The van der Waals surface area contributed by atoms with Gasteiger partial charge in [0.1, 0.15) is 11.5 Å². The lowest BCUT2D eigenvalue weighted by molar-refractivity contribution is -0.0811. The van der Waals surface area contributed by atoms with Gasteiger partial charge in [0, 0.05) is 33.8 Å². The Bertz CT molecular complexity index is 1790. The van der Waals surface area contributed by atoms with E-state index >= 15 is 0 Å². The topological polar surface area (TPSA) is 27.7 Å². The van der Waals surface area contributed by atoms with E-state index in [1.807, 2.05) is 36.4 Å².